The minimum Gasteiger partial charge on any atom is -0.368 e. The Bertz CT molecular complexity index is 1270. The van der Waals surface area contributed by atoms with E-state index in [1.807, 2.05) is 34.1 Å². The fourth-order valence-corrected chi connectivity index (χ4v) is 8.84. The maximum absolute atomic E-state index is 15.0. The minimum absolute atomic E-state index is 0. The van der Waals surface area contributed by atoms with Crippen LogP contribution in [0.25, 0.3) is 0 Å². The van der Waals surface area contributed by atoms with E-state index in [9.17, 15) is 9.59 Å². The first kappa shape index (κ1) is 37.3. The van der Waals surface area contributed by atoms with Crippen LogP contribution in [0.1, 0.15) is 84.1 Å². The van der Waals surface area contributed by atoms with Gasteiger partial charge < -0.3 is 24.3 Å². The normalized spacial score (nSPS) is 31.9. The van der Waals surface area contributed by atoms with Crippen LogP contribution < -0.4 is 0 Å². The van der Waals surface area contributed by atoms with Crippen molar-refractivity contribution in [2.75, 3.05) is 59.5 Å². The second-order valence-corrected chi connectivity index (χ2v) is 16.5. The SMILES string of the molecule is CC1CCC(N(C(=O)[C@@H]2CCCO2)[C@H]2C[C@@H](C(=O)N3CCN(C)CC3)N(C(=O)[C@@H]3CN(C(C)(C)C)C[C@H]3c3ccc(Cl)cc3)C2)CC1.Cl. The summed E-state index contributed by atoms with van der Waals surface area (Å²) < 4.78 is 5.95. The van der Waals surface area contributed by atoms with Crippen LogP contribution in [0.4, 0.5) is 0 Å². The first-order valence-corrected chi connectivity index (χ1v) is 18.5. The van der Waals surface area contributed by atoms with E-state index in [-0.39, 0.29) is 59.6 Å². The van der Waals surface area contributed by atoms with Gasteiger partial charge in [0.05, 0.1) is 12.0 Å². The summed E-state index contributed by atoms with van der Waals surface area (Å²) in [5.74, 6) is 0.470. The Morgan fingerprint density at radius 3 is 2.15 bits per heavy atom. The van der Waals surface area contributed by atoms with Crippen LogP contribution in [0, 0.1) is 11.8 Å². The Morgan fingerprint density at radius 2 is 1.54 bits per heavy atom. The molecule has 0 N–H and O–H groups in total. The van der Waals surface area contributed by atoms with Crippen LogP contribution in [0.3, 0.4) is 0 Å². The van der Waals surface area contributed by atoms with Gasteiger partial charge in [-0.2, -0.15) is 0 Å². The number of halogens is 2. The molecular formula is C37H57Cl2N5O4. The molecule has 5 atom stereocenters. The van der Waals surface area contributed by atoms with E-state index in [0.717, 1.165) is 63.7 Å². The number of likely N-dealkylation sites (N-methyl/N-ethyl adjacent to an activating group) is 1. The van der Waals surface area contributed by atoms with Crippen LogP contribution >= 0.6 is 24.0 Å². The van der Waals surface area contributed by atoms with E-state index in [1.54, 1.807) is 0 Å². The molecule has 1 aromatic carbocycles. The number of likely N-dealkylation sites (tertiary alicyclic amines) is 2. The van der Waals surface area contributed by atoms with Crippen molar-refractivity contribution in [1.82, 2.24) is 24.5 Å². The van der Waals surface area contributed by atoms with Crippen LogP contribution in [-0.2, 0) is 19.1 Å². The number of hydrogen-bond acceptors (Lipinski definition) is 6. The molecule has 6 rings (SSSR count). The number of carbonyl (C=O) groups is 3. The number of nitrogens with zero attached hydrogens (tertiary/aromatic N) is 5. The fraction of sp³-hybridized carbons (Fsp3) is 0.757. The zero-order chi connectivity index (χ0) is 33.5. The van der Waals surface area contributed by atoms with Gasteiger partial charge in [0.15, 0.2) is 0 Å². The molecule has 0 aromatic heterocycles. The zero-order valence-electron chi connectivity index (χ0n) is 29.6. The van der Waals surface area contributed by atoms with Gasteiger partial charge in [0.2, 0.25) is 11.8 Å². The molecule has 5 aliphatic rings. The number of ether oxygens (including phenoxy) is 1. The van der Waals surface area contributed by atoms with Gasteiger partial charge in [0, 0.05) is 74.9 Å². The third-order valence-corrected chi connectivity index (χ3v) is 12.0. The summed E-state index contributed by atoms with van der Waals surface area (Å²) in [4.78, 5) is 54.3. The molecule has 48 heavy (non-hydrogen) atoms. The van der Waals surface area contributed by atoms with Crippen LogP contribution in [-0.4, -0.2) is 131 Å². The Labute approximate surface area is 299 Å². The summed E-state index contributed by atoms with van der Waals surface area (Å²) in [6.45, 7) is 14.3. The predicted octanol–water partition coefficient (Wildman–Crippen LogP) is 4.91. The lowest BCUT2D eigenvalue weighted by Gasteiger charge is -2.41. The van der Waals surface area contributed by atoms with Crippen molar-refractivity contribution in [2.45, 2.75) is 108 Å². The molecule has 4 aliphatic heterocycles. The number of rotatable bonds is 6. The summed E-state index contributed by atoms with van der Waals surface area (Å²) in [6, 6.07) is 7.24. The van der Waals surface area contributed by atoms with Gasteiger partial charge in [0.1, 0.15) is 12.1 Å². The van der Waals surface area contributed by atoms with Crippen molar-refractivity contribution in [3.63, 3.8) is 0 Å². The van der Waals surface area contributed by atoms with E-state index >= 15 is 4.79 Å². The molecule has 0 spiro atoms. The minimum atomic E-state index is -0.576. The maximum Gasteiger partial charge on any atom is 0.252 e. The van der Waals surface area contributed by atoms with Gasteiger partial charge in [-0.05, 0) is 96.4 Å². The third kappa shape index (κ3) is 8.01. The number of amides is 3. The van der Waals surface area contributed by atoms with Crippen molar-refractivity contribution in [3.05, 3.63) is 34.9 Å². The second kappa shape index (κ2) is 15.5. The van der Waals surface area contributed by atoms with Crippen molar-refractivity contribution < 1.29 is 19.1 Å². The zero-order valence-corrected chi connectivity index (χ0v) is 31.2. The lowest BCUT2D eigenvalue weighted by atomic mass is 9.85. The topological polar surface area (TPSA) is 76.6 Å². The van der Waals surface area contributed by atoms with Crippen LogP contribution in [0.5, 0.6) is 0 Å². The van der Waals surface area contributed by atoms with Gasteiger partial charge in [-0.15, -0.1) is 12.4 Å². The first-order chi connectivity index (χ1) is 22.4. The molecule has 0 bridgehead atoms. The number of carbonyl (C=O) groups excluding carboxylic acids is 3. The molecule has 268 valence electrons. The highest BCUT2D eigenvalue weighted by Gasteiger charge is 2.51. The summed E-state index contributed by atoms with van der Waals surface area (Å²) >= 11 is 6.28. The van der Waals surface area contributed by atoms with Gasteiger partial charge in [-0.3, -0.25) is 19.3 Å². The maximum atomic E-state index is 15.0. The van der Waals surface area contributed by atoms with Crippen molar-refractivity contribution in [1.29, 1.82) is 0 Å². The molecular weight excluding hydrogens is 649 g/mol. The highest BCUT2D eigenvalue weighted by molar-refractivity contribution is 6.30. The highest BCUT2D eigenvalue weighted by Crippen LogP contribution is 2.40. The molecule has 9 nitrogen and oxygen atoms in total. The molecule has 11 heteroatoms. The summed E-state index contributed by atoms with van der Waals surface area (Å²) in [5, 5.41) is 0.677. The molecule has 4 saturated heterocycles. The highest BCUT2D eigenvalue weighted by atomic mass is 35.5. The largest absolute Gasteiger partial charge is 0.368 e. The number of piperazine rings is 1. The van der Waals surface area contributed by atoms with Crippen LogP contribution in [0.15, 0.2) is 24.3 Å². The summed E-state index contributed by atoms with van der Waals surface area (Å²) in [6.07, 6.45) is 5.80. The summed E-state index contributed by atoms with van der Waals surface area (Å²) in [5.41, 5.74) is 0.994. The van der Waals surface area contributed by atoms with Gasteiger partial charge in [-0.1, -0.05) is 30.7 Å². The fourth-order valence-electron chi connectivity index (χ4n) is 8.71. The molecule has 4 heterocycles. The lowest BCUT2D eigenvalue weighted by Crippen LogP contribution is -2.54. The van der Waals surface area contributed by atoms with E-state index in [2.05, 4.69) is 49.4 Å². The molecule has 1 aromatic rings. The predicted molar refractivity (Wildman–Crippen MR) is 191 cm³/mol. The van der Waals surface area contributed by atoms with Gasteiger partial charge in [-0.25, -0.2) is 0 Å². The number of benzene rings is 1. The van der Waals surface area contributed by atoms with Crippen molar-refractivity contribution in [2.24, 2.45) is 11.8 Å². The smallest absolute Gasteiger partial charge is 0.252 e. The monoisotopic (exact) mass is 705 g/mol. The summed E-state index contributed by atoms with van der Waals surface area (Å²) in [7, 11) is 2.08. The Balaban J connectivity index is 0.00000451. The van der Waals surface area contributed by atoms with E-state index in [4.69, 9.17) is 16.3 Å². The van der Waals surface area contributed by atoms with Crippen LogP contribution in [0.2, 0.25) is 5.02 Å². The molecule has 1 aliphatic carbocycles. The number of hydrogen-bond donors (Lipinski definition) is 0. The Hall–Kier alpha value is -1.91. The van der Waals surface area contributed by atoms with Crippen molar-refractivity contribution in [3.8, 4) is 0 Å². The molecule has 3 amide bonds. The van der Waals surface area contributed by atoms with E-state index in [0.29, 0.717) is 50.1 Å². The van der Waals surface area contributed by atoms with Gasteiger partial charge >= 0.3 is 0 Å². The van der Waals surface area contributed by atoms with Crippen molar-refractivity contribution >= 4 is 41.7 Å². The average molecular weight is 707 g/mol. The van der Waals surface area contributed by atoms with Gasteiger partial charge in [0.25, 0.3) is 5.91 Å². The lowest BCUT2D eigenvalue weighted by molar-refractivity contribution is -0.148. The Kier molecular flexibility index (Phi) is 12.1. The molecule has 1 saturated carbocycles. The first-order valence-electron chi connectivity index (χ1n) is 18.1. The second-order valence-electron chi connectivity index (χ2n) is 16.0. The third-order valence-electron chi connectivity index (χ3n) is 11.8. The molecule has 5 fully saturated rings. The quantitative estimate of drug-likeness (QED) is 0.419. The Morgan fingerprint density at radius 1 is 0.875 bits per heavy atom. The molecule has 0 unspecified atom stereocenters. The molecule has 0 radical (unpaired) electrons. The standard InChI is InChI=1S/C37H56ClN5O4.ClH/c1-25-8-14-28(15-9-25)43(36(46)33-7-6-20-47-33)29-21-32(35(45)40-18-16-39(5)17-19-40)42(22-29)34(44)31-24-41(37(2,3)4)23-30(31)26-10-12-27(38)13-11-26;/h10-13,25,28-33H,6-9,14-24H2,1-5H3;1H/t25?,28?,29-,30-,31+,32-,33-;/m0./s1. The van der Waals surface area contributed by atoms with E-state index < -0.39 is 12.1 Å². The van der Waals surface area contributed by atoms with E-state index in [1.165, 1.54) is 0 Å². The average Bonchev–Trinajstić information content (AvgIpc) is 3.83.